The van der Waals surface area contributed by atoms with E-state index in [1.54, 1.807) is 24.3 Å². The third-order valence-electron chi connectivity index (χ3n) is 3.61. The lowest BCUT2D eigenvalue weighted by atomic mass is 10.1. The van der Waals surface area contributed by atoms with Crippen LogP contribution in [0, 0.1) is 0 Å². The van der Waals surface area contributed by atoms with Crippen molar-refractivity contribution in [1.29, 1.82) is 0 Å². The molecule has 2 aromatic rings. The van der Waals surface area contributed by atoms with Gasteiger partial charge in [-0.25, -0.2) is 4.79 Å². The fourth-order valence-corrected chi connectivity index (χ4v) is 2.22. The van der Waals surface area contributed by atoms with Gasteiger partial charge < -0.3 is 19.5 Å². The van der Waals surface area contributed by atoms with Gasteiger partial charge in [-0.05, 0) is 55.5 Å². The highest BCUT2D eigenvalue weighted by Crippen LogP contribution is 2.29. The van der Waals surface area contributed by atoms with Gasteiger partial charge in [-0.3, -0.25) is 4.79 Å². The summed E-state index contributed by atoms with van der Waals surface area (Å²) in [5, 5.41) is 2.51. The number of ether oxygens (including phenoxy) is 3. The van der Waals surface area contributed by atoms with E-state index < -0.39 is 30.2 Å². The molecule has 0 spiro atoms. The molecule has 0 bridgehead atoms. The molecule has 2 aromatic carbocycles. The molecule has 0 aliphatic carbocycles. The molecule has 9 heteroatoms. The Morgan fingerprint density at radius 3 is 2.07 bits per heavy atom. The van der Waals surface area contributed by atoms with Gasteiger partial charge in [0.15, 0.2) is 6.61 Å². The average molecular weight is 411 g/mol. The van der Waals surface area contributed by atoms with E-state index in [0.29, 0.717) is 12.4 Å². The molecule has 0 heterocycles. The van der Waals surface area contributed by atoms with Gasteiger partial charge in [-0.1, -0.05) is 0 Å². The first kappa shape index (κ1) is 22.1. The largest absolute Gasteiger partial charge is 0.494 e. The Labute approximate surface area is 165 Å². The summed E-state index contributed by atoms with van der Waals surface area (Å²) in [4.78, 5) is 23.5. The van der Waals surface area contributed by atoms with Gasteiger partial charge in [0.1, 0.15) is 18.1 Å². The number of carbonyl (C=O) groups excluding carboxylic acids is 2. The van der Waals surface area contributed by atoms with Crippen LogP contribution in [0.1, 0.15) is 22.8 Å². The van der Waals surface area contributed by atoms with Crippen LogP contribution in [0.3, 0.4) is 0 Å². The summed E-state index contributed by atoms with van der Waals surface area (Å²) < 4.78 is 53.0. The van der Waals surface area contributed by atoms with Gasteiger partial charge in [-0.2, -0.15) is 13.2 Å². The minimum atomic E-state index is -4.49. The van der Waals surface area contributed by atoms with Crippen molar-refractivity contribution in [2.24, 2.45) is 0 Å². The van der Waals surface area contributed by atoms with Crippen molar-refractivity contribution in [3.05, 3.63) is 59.7 Å². The van der Waals surface area contributed by atoms with Crippen LogP contribution in [-0.2, 0) is 15.7 Å². The number of rotatable bonds is 9. The van der Waals surface area contributed by atoms with Crippen LogP contribution in [0.4, 0.5) is 13.2 Å². The zero-order valence-electron chi connectivity index (χ0n) is 15.6. The van der Waals surface area contributed by atoms with Gasteiger partial charge >= 0.3 is 12.1 Å². The average Bonchev–Trinajstić information content (AvgIpc) is 2.70. The van der Waals surface area contributed by atoms with Crippen molar-refractivity contribution in [2.75, 3.05) is 26.4 Å². The van der Waals surface area contributed by atoms with Crippen LogP contribution in [-0.4, -0.2) is 38.2 Å². The molecule has 0 aliphatic heterocycles. The molecule has 1 N–H and O–H groups in total. The van der Waals surface area contributed by atoms with Gasteiger partial charge in [0.05, 0.1) is 24.3 Å². The molecular formula is C20H20F3NO5. The highest BCUT2D eigenvalue weighted by Gasteiger charge is 2.30. The third kappa shape index (κ3) is 7.36. The standard InChI is InChI=1S/C20H20F3NO5/c1-2-27-16-7-9-17(10-8-16)28-12-11-24-18(25)13-29-19(26)14-3-5-15(6-4-14)20(21,22)23/h3-10H,2,11-13H2,1H3,(H,24,25). The molecule has 0 unspecified atom stereocenters. The van der Waals surface area contributed by atoms with E-state index >= 15 is 0 Å². The Hall–Kier alpha value is -3.23. The number of benzene rings is 2. The predicted molar refractivity (Wildman–Crippen MR) is 97.8 cm³/mol. The SMILES string of the molecule is CCOc1ccc(OCCNC(=O)COC(=O)c2ccc(C(F)(F)F)cc2)cc1. The molecular weight excluding hydrogens is 391 g/mol. The van der Waals surface area contributed by atoms with E-state index in [4.69, 9.17) is 14.2 Å². The Kier molecular flexibility index (Phi) is 7.88. The number of halogens is 3. The highest BCUT2D eigenvalue weighted by molar-refractivity contribution is 5.91. The normalized spacial score (nSPS) is 10.9. The summed E-state index contributed by atoms with van der Waals surface area (Å²) in [5.74, 6) is -0.112. The number of amides is 1. The Morgan fingerprint density at radius 1 is 0.931 bits per heavy atom. The summed E-state index contributed by atoms with van der Waals surface area (Å²) in [7, 11) is 0. The van der Waals surface area contributed by atoms with E-state index in [1.165, 1.54) is 0 Å². The van der Waals surface area contributed by atoms with E-state index in [2.05, 4.69) is 5.32 Å². The molecule has 0 aliphatic rings. The van der Waals surface area contributed by atoms with Crippen molar-refractivity contribution in [1.82, 2.24) is 5.32 Å². The van der Waals surface area contributed by atoms with Crippen molar-refractivity contribution in [2.45, 2.75) is 13.1 Å². The van der Waals surface area contributed by atoms with E-state index in [1.807, 2.05) is 6.92 Å². The summed E-state index contributed by atoms with van der Waals surface area (Å²) in [5.41, 5.74) is -0.955. The van der Waals surface area contributed by atoms with Crippen molar-refractivity contribution in [3.8, 4) is 11.5 Å². The number of nitrogens with one attached hydrogen (secondary N) is 1. The molecule has 2 rings (SSSR count). The van der Waals surface area contributed by atoms with Crippen LogP contribution >= 0.6 is 0 Å². The molecule has 0 atom stereocenters. The molecule has 0 radical (unpaired) electrons. The molecule has 0 fully saturated rings. The molecule has 6 nitrogen and oxygen atoms in total. The van der Waals surface area contributed by atoms with Crippen LogP contribution in [0.25, 0.3) is 0 Å². The molecule has 156 valence electrons. The predicted octanol–water partition coefficient (Wildman–Crippen LogP) is 3.46. The summed E-state index contributed by atoms with van der Waals surface area (Å²) >= 11 is 0. The second-order valence-electron chi connectivity index (χ2n) is 5.75. The number of alkyl halides is 3. The maximum atomic E-state index is 12.5. The zero-order chi connectivity index (χ0) is 21.3. The monoisotopic (exact) mass is 411 g/mol. The molecule has 0 saturated carbocycles. The lowest BCUT2D eigenvalue weighted by Gasteiger charge is -2.10. The Morgan fingerprint density at radius 2 is 1.52 bits per heavy atom. The number of hydrogen-bond acceptors (Lipinski definition) is 5. The van der Waals surface area contributed by atoms with Crippen LogP contribution in [0.15, 0.2) is 48.5 Å². The van der Waals surface area contributed by atoms with Gasteiger partial charge in [0.2, 0.25) is 0 Å². The maximum absolute atomic E-state index is 12.5. The van der Waals surface area contributed by atoms with E-state index in [-0.39, 0.29) is 18.7 Å². The zero-order valence-corrected chi connectivity index (χ0v) is 15.6. The number of hydrogen-bond donors (Lipinski definition) is 1. The van der Waals surface area contributed by atoms with Gasteiger partial charge in [0, 0.05) is 0 Å². The first-order chi connectivity index (χ1) is 13.8. The Balaban J connectivity index is 1.67. The highest BCUT2D eigenvalue weighted by atomic mass is 19.4. The van der Waals surface area contributed by atoms with Crippen LogP contribution < -0.4 is 14.8 Å². The van der Waals surface area contributed by atoms with E-state index in [9.17, 15) is 22.8 Å². The van der Waals surface area contributed by atoms with E-state index in [0.717, 1.165) is 30.0 Å². The number of esters is 1. The Bertz CT molecular complexity index is 804. The second kappa shape index (κ2) is 10.4. The summed E-state index contributed by atoms with van der Waals surface area (Å²) in [6.07, 6.45) is -4.49. The third-order valence-corrected chi connectivity index (χ3v) is 3.61. The molecule has 29 heavy (non-hydrogen) atoms. The molecule has 1 amide bonds. The topological polar surface area (TPSA) is 73.9 Å². The number of carbonyl (C=O) groups is 2. The minimum absolute atomic E-state index is 0.0790. The molecule has 0 aromatic heterocycles. The van der Waals surface area contributed by atoms with Crippen LogP contribution in [0.5, 0.6) is 11.5 Å². The smallest absolute Gasteiger partial charge is 0.416 e. The lowest BCUT2D eigenvalue weighted by molar-refractivity contribution is -0.137. The minimum Gasteiger partial charge on any atom is -0.494 e. The molecule has 0 saturated heterocycles. The van der Waals surface area contributed by atoms with Crippen molar-refractivity contribution < 1.29 is 37.0 Å². The fourth-order valence-electron chi connectivity index (χ4n) is 2.22. The van der Waals surface area contributed by atoms with Gasteiger partial charge in [-0.15, -0.1) is 0 Å². The first-order valence-electron chi connectivity index (χ1n) is 8.76. The van der Waals surface area contributed by atoms with Crippen molar-refractivity contribution >= 4 is 11.9 Å². The maximum Gasteiger partial charge on any atom is 0.416 e. The quantitative estimate of drug-likeness (QED) is 0.505. The fraction of sp³-hybridized carbons (Fsp3) is 0.300. The van der Waals surface area contributed by atoms with Crippen LogP contribution in [0.2, 0.25) is 0 Å². The lowest BCUT2D eigenvalue weighted by Crippen LogP contribution is -2.32. The van der Waals surface area contributed by atoms with Gasteiger partial charge in [0.25, 0.3) is 5.91 Å². The summed E-state index contributed by atoms with van der Waals surface area (Å²) in [6.45, 7) is 2.28. The first-order valence-corrected chi connectivity index (χ1v) is 8.76. The second-order valence-corrected chi connectivity index (χ2v) is 5.75. The summed E-state index contributed by atoms with van der Waals surface area (Å²) in [6, 6.07) is 10.5. The van der Waals surface area contributed by atoms with Crippen molar-refractivity contribution in [3.63, 3.8) is 0 Å².